The molecule has 0 amide bonds. The Kier molecular flexibility index (Phi) is 4.50. The van der Waals surface area contributed by atoms with Crippen LogP contribution in [0.25, 0.3) is 21.9 Å². The molecule has 130 valence electrons. The molecule has 0 saturated carbocycles. The molecule has 3 heteroatoms. The van der Waals surface area contributed by atoms with Gasteiger partial charge in [0.15, 0.2) is 5.84 Å². The zero-order chi connectivity index (χ0) is 18.6. The second kappa shape index (κ2) is 7.26. The monoisotopic (exact) mass is 349 g/mol. The molecule has 0 aliphatic carbocycles. The smallest absolute Gasteiger partial charge is 0.154 e. The first-order valence-electron chi connectivity index (χ1n) is 8.78. The predicted octanol–water partition coefficient (Wildman–Crippen LogP) is 5.24. The third-order valence-corrected chi connectivity index (χ3v) is 4.54. The molecule has 4 aromatic rings. The minimum Gasteiger partial charge on any atom is -0.383 e. The van der Waals surface area contributed by atoms with E-state index in [-0.39, 0.29) is 5.84 Å². The Labute approximate surface area is 158 Å². The lowest BCUT2D eigenvalue weighted by atomic mass is 10.00. The van der Waals surface area contributed by atoms with Crippen LogP contribution in [0.5, 0.6) is 0 Å². The summed E-state index contributed by atoms with van der Waals surface area (Å²) in [5, 5.41) is 10.7. The number of rotatable bonds is 3. The third-order valence-electron chi connectivity index (χ3n) is 4.54. The fourth-order valence-corrected chi connectivity index (χ4v) is 3.05. The Morgan fingerprint density at radius 1 is 0.630 bits per heavy atom. The molecule has 0 aliphatic heterocycles. The average Bonchev–Trinajstić information content (AvgIpc) is 2.74. The summed E-state index contributed by atoms with van der Waals surface area (Å²) in [6, 6.07) is 32.1. The van der Waals surface area contributed by atoms with Crippen LogP contribution in [0.1, 0.15) is 11.1 Å². The minimum absolute atomic E-state index is 0.154. The van der Waals surface area contributed by atoms with Gasteiger partial charge in [-0.15, -0.1) is 0 Å². The number of fused-ring (bicyclic) bond motifs is 1. The van der Waals surface area contributed by atoms with Gasteiger partial charge in [0.05, 0.1) is 0 Å². The summed E-state index contributed by atoms with van der Waals surface area (Å²) in [5.41, 5.74) is 9.83. The van der Waals surface area contributed by atoms with Crippen molar-refractivity contribution in [1.29, 1.82) is 5.41 Å². The summed E-state index contributed by atoms with van der Waals surface area (Å²) in [6.45, 7) is 0. The van der Waals surface area contributed by atoms with Crippen LogP contribution in [0.3, 0.4) is 0 Å². The number of benzene rings is 4. The van der Waals surface area contributed by atoms with Gasteiger partial charge in [-0.1, -0.05) is 91.0 Å². The molecule has 0 fully saturated rings. The van der Waals surface area contributed by atoms with Crippen LogP contribution in [0.15, 0.2) is 102 Å². The van der Waals surface area contributed by atoms with Gasteiger partial charge in [0.25, 0.3) is 0 Å². The summed E-state index contributed by atoms with van der Waals surface area (Å²) in [4.78, 5) is 4.24. The summed E-state index contributed by atoms with van der Waals surface area (Å²) in [7, 11) is 0. The quantitative estimate of drug-likeness (QED) is 0.386. The molecule has 0 aromatic heterocycles. The number of aliphatic imine (C=N–C) groups is 1. The second-order valence-electron chi connectivity index (χ2n) is 6.35. The lowest BCUT2D eigenvalue weighted by molar-refractivity contribution is 1.40. The van der Waals surface area contributed by atoms with Crippen molar-refractivity contribution < 1.29 is 0 Å². The fraction of sp³-hybridized carbons (Fsp3) is 0. The second-order valence-corrected chi connectivity index (χ2v) is 6.35. The van der Waals surface area contributed by atoms with Crippen molar-refractivity contribution in [1.82, 2.24) is 0 Å². The maximum Gasteiger partial charge on any atom is 0.154 e. The van der Waals surface area contributed by atoms with Crippen LogP contribution in [-0.4, -0.2) is 11.7 Å². The number of hydrogen-bond acceptors (Lipinski definition) is 1. The van der Waals surface area contributed by atoms with E-state index in [1.807, 2.05) is 66.7 Å². The number of hydrogen-bond donors (Lipinski definition) is 2. The summed E-state index contributed by atoms with van der Waals surface area (Å²) < 4.78 is 0. The highest BCUT2D eigenvalue weighted by Gasteiger charge is 2.05. The Bertz CT molecular complexity index is 1130. The van der Waals surface area contributed by atoms with Crippen molar-refractivity contribution in [3.8, 4) is 11.1 Å². The van der Waals surface area contributed by atoms with E-state index in [2.05, 4.69) is 35.3 Å². The normalized spacial score (nSPS) is 11.5. The molecule has 3 nitrogen and oxygen atoms in total. The molecule has 4 rings (SSSR count). The van der Waals surface area contributed by atoms with E-state index in [0.29, 0.717) is 5.84 Å². The highest BCUT2D eigenvalue weighted by atomic mass is 14.9. The van der Waals surface area contributed by atoms with Crippen molar-refractivity contribution in [2.75, 3.05) is 0 Å². The summed E-state index contributed by atoms with van der Waals surface area (Å²) in [6.07, 6.45) is 0. The SMILES string of the molecule is N=C(/N=C(\N)c1ccccc1)c1ccc(-c2ccc3ccccc3c2)cc1. The lowest BCUT2D eigenvalue weighted by Gasteiger charge is -2.06. The van der Waals surface area contributed by atoms with E-state index < -0.39 is 0 Å². The molecular formula is C24H19N3. The van der Waals surface area contributed by atoms with Gasteiger partial charge in [0, 0.05) is 11.1 Å². The maximum atomic E-state index is 8.22. The molecule has 0 saturated heterocycles. The number of nitrogens with zero attached hydrogens (tertiary/aromatic N) is 1. The van der Waals surface area contributed by atoms with Crippen LogP contribution in [0.4, 0.5) is 0 Å². The van der Waals surface area contributed by atoms with Crippen molar-refractivity contribution in [3.05, 3.63) is 108 Å². The highest BCUT2D eigenvalue weighted by Crippen LogP contribution is 2.24. The van der Waals surface area contributed by atoms with Crippen LogP contribution >= 0.6 is 0 Å². The van der Waals surface area contributed by atoms with E-state index in [1.54, 1.807) is 0 Å². The van der Waals surface area contributed by atoms with Crippen molar-refractivity contribution in [2.24, 2.45) is 10.7 Å². The third kappa shape index (κ3) is 3.62. The van der Waals surface area contributed by atoms with Gasteiger partial charge in [0.1, 0.15) is 5.84 Å². The van der Waals surface area contributed by atoms with E-state index >= 15 is 0 Å². The molecule has 4 aromatic carbocycles. The largest absolute Gasteiger partial charge is 0.383 e. The first kappa shape index (κ1) is 16.7. The molecule has 0 radical (unpaired) electrons. The molecule has 0 heterocycles. The zero-order valence-electron chi connectivity index (χ0n) is 14.8. The van der Waals surface area contributed by atoms with Crippen LogP contribution < -0.4 is 5.73 Å². The molecule has 0 spiro atoms. The average molecular weight is 349 g/mol. The van der Waals surface area contributed by atoms with Gasteiger partial charge < -0.3 is 5.73 Å². The number of nitrogens with one attached hydrogen (secondary N) is 1. The standard InChI is InChI=1S/C24H19N3/c25-23(19-7-2-1-3-8-19)27-24(26)20-13-10-18(11-14-20)22-15-12-17-6-4-5-9-21(17)16-22/h1-16H,(H3,25,26,27). The van der Waals surface area contributed by atoms with Crippen molar-refractivity contribution >= 4 is 22.4 Å². The Hall–Kier alpha value is -3.72. The van der Waals surface area contributed by atoms with Gasteiger partial charge in [-0.3, -0.25) is 5.41 Å². The predicted molar refractivity (Wildman–Crippen MR) is 113 cm³/mol. The molecule has 3 N–H and O–H groups in total. The topological polar surface area (TPSA) is 62.2 Å². The van der Waals surface area contributed by atoms with E-state index in [0.717, 1.165) is 22.3 Å². The fourth-order valence-electron chi connectivity index (χ4n) is 3.05. The van der Waals surface area contributed by atoms with Crippen LogP contribution in [-0.2, 0) is 0 Å². The van der Waals surface area contributed by atoms with E-state index in [9.17, 15) is 0 Å². The minimum atomic E-state index is 0.154. The van der Waals surface area contributed by atoms with Crippen LogP contribution in [0, 0.1) is 5.41 Å². The van der Waals surface area contributed by atoms with Gasteiger partial charge in [-0.2, -0.15) is 0 Å². The van der Waals surface area contributed by atoms with Gasteiger partial charge in [-0.25, -0.2) is 4.99 Å². The Morgan fingerprint density at radius 2 is 1.26 bits per heavy atom. The first-order valence-corrected chi connectivity index (χ1v) is 8.78. The van der Waals surface area contributed by atoms with Gasteiger partial charge in [-0.05, 0) is 28.0 Å². The molecule has 0 bridgehead atoms. The van der Waals surface area contributed by atoms with E-state index in [1.165, 1.54) is 10.8 Å². The molecule has 0 aliphatic rings. The Morgan fingerprint density at radius 3 is 2.00 bits per heavy atom. The zero-order valence-corrected chi connectivity index (χ0v) is 14.8. The summed E-state index contributed by atoms with van der Waals surface area (Å²) in [5.74, 6) is 0.501. The van der Waals surface area contributed by atoms with E-state index in [4.69, 9.17) is 11.1 Å². The van der Waals surface area contributed by atoms with Crippen molar-refractivity contribution in [3.63, 3.8) is 0 Å². The van der Waals surface area contributed by atoms with Gasteiger partial charge >= 0.3 is 0 Å². The molecule has 0 atom stereocenters. The first-order chi connectivity index (χ1) is 13.2. The molecule has 0 unspecified atom stereocenters. The van der Waals surface area contributed by atoms with Crippen LogP contribution in [0.2, 0.25) is 0 Å². The van der Waals surface area contributed by atoms with Gasteiger partial charge in [0.2, 0.25) is 0 Å². The molecule has 27 heavy (non-hydrogen) atoms. The number of amidine groups is 2. The highest BCUT2D eigenvalue weighted by molar-refractivity contribution is 6.09. The number of nitrogens with two attached hydrogens (primary N) is 1. The molecular weight excluding hydrogens is 330 g/mol. The summed E-state index contributed by atoms with van der Waals surface area (Å²) >= 11 is 0. The van der Waals surface area contributed by atoms with Crippen molar-refractivity contribution in [2.45, 2.75) is 0 Å². The Balaban J connectivity index is 1.58. The maximum absolute atomic E-state index is 8.22. The lowest BCUT2D eigenvalue weighted by Crippen LogP contribution is -2.15.